The van der Waals surface area contributed by atoms with Crippen molar-refractivity contribution in [3.63, 3.8) is 0 Å². The molecule has 92 valence electrons. The van der Waals surface area contributed by atoms with Gasteiger partial charge in [-0.2, -0.15) is 4.98 Å². The number of rotatable bonds is 1. The molecule has 4 bridgehead atoms. The maximum absolute atomic E-state index is 5.97. The van der Waals surface area contributed by atoms with Crippen LogP contribution in [0, 0.1) is 17.8 Å². The molecule has 4 N–H and O–H groups in total. The zero-order chi connectivity index (χ0) is 11.6. The van der Waals surface area contributed by atoms with Crippen LogP contribution in [0.1, 0.15) is 38.5 Å². The van der Waals surface area contributed by atoms with Gasteiger partial charge in [0.2, 0.25) is 11.9 Å². The number of nitrogen functional groups attached to an aromatic ring is 2. The minimum Gasteiger partial charge on any atom is -0.368 e. The Balaban J connectivity index is 1.79. The van der Waals surface area contributed by atoms with Crippen molar-refractivity contribution < 1.29 is 0 Å². The van der Waals surface area contributed by atoms with E-state index in [1.165, 1.54) is 38.5 Å². The lowest BCUT2D eigenvalue weighted by Crippen LogP contribution is -2.52. The quantitative estimate of drug-likeness (QED) is 0.767. The highest BCUT2D eigenvalue weighted by Gasteiger charge is 2.53. The van der Waals surface area contributed by atoms with E-state index in [4.69, 9.17) is 11.5 Å². The molecule has 1 aromatic rings. The molecule has 1 heterocycles. The van der Waals surface area contributed by atoms with E-state index in [1.54, 1.807) is 0 Å². The second-order valence-electron chi connectivity index (χ2n) is 6.38. The van der Waals surface area contributed by atoms with Crippen LogP contribution >= 0.6 is 0 Å². The lowest BCUT2D eigenvalue weighted by molar-refractivity contribution is -0.0481. The van der Waals surface area contributed by atoms with Crippen molar-refractivity contribution in [3.05, 3.63) is 0 Å². The van der Waals surface area contributed by atoms with Gasteiger partial charge in [0.1, 0.15) is 0 Å². The van der Waals surface area contributed by atoms with Gasteiger partial charge in [0.15, 0.2) is 0 Å². The summed E-state index contributed by atoms with van der Waals surface area (Å²) in [5, 5.41) is 4.36. The Kier molecular flexibility index (Phi) is 1.69. The smallest absolute Gasteiger partial charge is 0.241 e. The van der Waals surface area contributed by atoms with Gasteiger partial charge in [-0.25, -0.2) is 4.68 Å². The SMILES string of the molecule is Nc1nc(N)n(C23CC4CC(CC(C4)C2)C3)n1. The van der Waals surface area contributed by atoms with Crippen LogP contribution in [0.3, 0.4) is 0 Å². The summed E-state index contributed by atoms with van der Waals surface area (Å²) in [6, 6.07) is 0. The minimum absolute atomic E-state index is 0.142. The fourth-order valence-electron chi connectivity index (χ4n) is 5.01. The van der Waals surface area contributed by atoms with Gasteiger partial charge >= 0.3 is 0 Å². The van der Waals surface area contributed by atoms with Crippen LogP contribution < -0.4 is 11.5 Å². The highest BCUT2D eigenvalue weighted by Crippen LogP contribution is 2.58. The van der Waals surface area contributed by atoms with Gasteiger partial charge in [-0.15, -0.1) is 5.10 Å². The molecule has 4 fully saturated rings. The lowest BCUT2D eigenvalue weighted by Gasteiger charge is -2.56. The molecule has 4 aliphatic carbocycles. The number of aromatic nitrogens is 3. The average molecular weight is 233 g/mol. The Hall–Kier alpha value is -1.26. The van der Waals surface area contributed by atoms with Crippen LogP contribution in [-0.2, 0) is 5.54 Å². The molecule has 0 amide bonds. The van der Waals surface area contributed by atoms with Crippen LogP contribution in [0.15, 0.2) is 0 Å². The molecule has 17 heavy (non-hydrogen) atoms. The molecule has 1 aromatic heterocycles. The largest absolute Gasteiger partial charge is 0.368 e. The van der Waals surface area contributed by atoms with Crippen molar-refractivity contribution in [2.75, 3.05) is 11.5 Å². The molecule has 0 aliphatic heterocycles. The van der Waals surface area contributed by atoms with Crippen LogP contribution in [-0.4, -0.2) is 14.8 Å². The van der Waals surface area contributed by atoms with E-state index in [9.17, 15) is 0 Å². The Morgan fingerprint density at radius 2 is 1.53 bits per heavy atom. The lowest BCUT2D eigenvalue weighted by atomic mass is 9.53. The monoisotopic (exact) mass is 233 g/mol. The van der Waals surface area contributed by atoms with E-state index in [2.05, 4.69) is 10.1 Å². The van der Waals surface area contributed by atoms with Gasteiger partial charge in [0, 0.05) is 0 Å². The molecule has 5 nitrogen and oxygen atoms in total. The van der Waals surface area contributed by atoms with Crippen molar-refractivity contribution >= 4 is 11.9 Å². The first-order valence-corrected chi connectivity index (χ1v) is 6.63. The zero-order valence-corrected chi connectivity index (χ0v) is 9.97. The summed E-state index contributed by atoms with van der Waals surface area (Å²) >= 11 is 0. The van der Waals surface area contributed by atoms with Crippen LogP contribution in [0.5, 0.6) is 0 Å². The summed E-state index contributed by atoms with van der Waals surface area (Å²) in [5.74, 6) is 3.46. The molecule has 0 atom stereocenters. The number of nitrogens with zero attached hydrogens (tertiary/aromatic N) is 3. The zero-order valence-electron chi connectivity index (χ0n) is 9.97. The average Bonchev–Trinajstić information content (AvgIpc) is 2.56. The molecule has 0 spiro atoms. The maximum atomic E-state index is 5.97. The number of hydrogen-bond donors (Lipinski definition) is 2. The first kappa shape index (κ1) is 9.74. The molecule has 5 rings (SSSR count). The Morgan fingerprint density at radius 3 is 1.94 bits per heavy atom. The maximum Gasteiger partial charge on any atom is 0.241 e. The first-order chi connectivity index (χ1) is 8.14. The Morgan fingerprint density at radius 1 is 1.00 bits per heavy atom. The van der Waals surface area contributed by atoms with E-state index in [1.807, 2.05) is 4.68 Å². The predicted molar refractivity (Wildman–Crippen MR) is 65.0 cm³/mol. The van der Waals surface area contributed by atoms with Crippen molar-refractivity contribution in [1.82, 2.24) is 14.8 Å². The molecular weight excluding hydrogens is 214 g/mol. The molecule has 4 saturated carbocycles. The van der Waals surface area contributed by atoms with Crippen molar-refractivity contribution in [3.8, 4) is 0 Å². The fraction of sp³-hybridized carbons (Fsp3) is 0.833. The van der Waals surface area contributed by atoms with Gasteiger partial charge < -0.3 is 11.5 Å². The summed E-state index contributed by atoms with van der Waals surface area (Å²) in [6.07, 6.45) is 7.94. The number of nitrogens with two attached hydrogens (primary N) is 2. The van der Waals surface area contributed by atoms with Crippen molar-refractivity contribution in [2.45, 2.75) is 44.1 Å². The molecule has 5 heteroatoms. The summed E-state index contributed by atoms with van der Waals surface area (Å²) in [4.78, 5) is 4.08. The van der Waals surface area contributed by atoms with Crippen molar-refractivity contribution in [1.29, 1.82) is 0 Å². The Labute approximate surface area is 101 Å². The first-order valence-electron chi connectivity index (χ1n) is 6.63. The van der Waals surface area contributed by atoms with Gasteiger partial charge in [0.25, 0.3) is 0 Å². The second-order valence-corrected chi connectivity index (χ2v) is 6.38. The van der Waals surface area contributed by atoms with Crippen LogP contribution in [0.4, 0.5) is 11.9 Å². The van der Waals surface area contributed by atoms with E-state index in [0.29, 0.717) is 11.9 Å². The van der Waals surface area contributed by atoms with Crippen LogP contribution in [0.2, 0.25) is 0 Å². The van der Waals surface area contributed by atoms with E-state index < -0.39 is 0 Å². The molecule has 0 saturated heterocycles. The molecule has 0 radical (unpaired) electrons. The second kappa shape index (κ2) is 2.94. The topological polar surface area (TPSA) is 82.7 Å². The minimum atomic E-state index is 0.142. The van der Waals surface area contributed by atoms with Gasteiger partial charge in [0.05, 0.1) is 5.54 Å². The molecule has 4 aliphatic rings. The van der Waals surface area contributed by atoms with Gasteiger partial charge in [-0.3, -0.25) is 0 Å². The third-order valence-corrected chi connectivity index (χ3v) is 5.10. The summed E-state index contributed by atoms with van der Waals surface area (Å²) in [6.45, 7) is 0. The van der Waals surface area contributed by atoms with E-state index in [0.717, 1.165) is 17.8 Å². The fourth-order valence-corrected chi connectivity index (χ4v) is 5.01. The Bertz CT molecular complexity index is 428. The highest BCUT2D eigenvalue weighted by molar-refractivity contribution is 5.29. The van der Waals surface area contributed by atoms with E-state index in [-0.39, 0.29) is 5.54 Å². The third kappa shape index (κ3) is 1.25. The van der Waals surface area contributed by atoms with Crippen LogP contribution in [0.25, 0.3) is 0 Å². The normalized spacial score (nSPS) is 43.2. The highest BCUT2D eigenvalue weighted by atomic mass is 15.4. The third-order valence-electron chi connectivity index (χ3n) is 5.10. The number of hydrogen-bond acceptors (Lipinski definition) is 4. The van der Waals surface area contributed by atoms with Gasteiger partial charge in [-0.1, -0.05) is 0 Å². The summed E-state index contributed by atoms with van der Waals surface area (Å²) < 4.78 is 1.95. The number of anilines is 2. The summed E-state index contributed by atoms with van der Waals surface area (Å²) in [7, 11) is 0. The standard InChI is InChI=1S/C12H19N5/c13-10-15-11(14)17(16-10)12-4-7-1-8(5-12)3-9(2-7)6-12/h7-9H,1-6H2,(H4,13,14,15,16). The van der Waals surface area contributed by atoms with Crippen molar-refractivity contribution in [2.24, 2.45) is 17.8 Å². The molecule has 0 aromatic carbocycles. The van der Waals surface area contributed by atoms with Gasteiger partial charge in [-0.05, 0) is 56.3 Å². The summed E-state index contributed by atoms with van der Waals surface area (Å²) in [5.41, 5.74) is 11.8. The predicted octanol–water partition coefficient (Wildman–Crippen LogP) is 1.37. The van der Waals surface area contributed by atoms with E-state index >= 15 is 0 Å². The molecule has 0 unspecified atom stereocenters. The molecular formula is C12H19N5.